The summed E-state index contributed by atoms with van der Waals surface area (Å²) in [6.07, 6.45) is 1.28. The lowest BCUT2D eigenvalue weighted by molar-refractivity contribution is -0.136. The molecule has 1 aliphatic rings. The SMILES string of the molecule is CN1CCc2cc(CNCCC(=O)O)ccc21. The van der Waals surface area contributed by atoms with Gasteiger partial charge in [0.2, 0.25) is 0 Å². The maximum atomic E-state index is 10.4. The summed E-state index contributed by atoms with van der Waals surface area (Å²) in [5.41, 5.74) is 3.94. The van der Waals surface area contributed by atoms with Crippen LogP contribution in [0.15, 0.2) is 18.2 Å². The van der Waals surface area contributed by atoms with Gasteiger partial charge in [-0.05, 0) is 23.6 Å². The third-order valence-electron chi connectivity index (χ3n) is 3.12. The molecule has 0 atom stereocenters. The van der Waals surface area contributed by atoms with Crippen LogP contribution in [-0.2, 0) is 17.8 Å². The maximum absolute atomic E-state index is 10.4. The van der Waals surface area contributed by atoms with E-state index in [0.717, 1.165) is 19.5 Å². The maximum Gasteiger partial charge on any atom is 0.304 e. The van der Waals surface area contributed by atoms with Crippen LogP contribution in [-0.4, -0.2) is 31.2 Å². The zero-order valence-corrected chi connectivity index (χ0v) is 10.1. The summed E-state index contributed by atoms with van der Waals surface area (Å²) in [7, 11) is 2.11. The molecule has 2 N–H and O–H groups in total. The third kappa shape index (κ3) is 2.97. The molecule has 0 radical (unpaired) electrons. The molecule has 4 nitrogen and oxygen atoms in total. The van der Waals surface area contributed by atoms with Crippen LogP contribution in [0, 0.1) is 0 Å². The topological polar surface area (TPSA) is 52.6 Å². The number of carboxylic acid groups (broad SMARTS) is 1. The number of hydrogen-bond acceptors (Lipinski definition) is 3. The number of rotatable bonds is 5. The number of benzene rings is 1. The number of nitrogens with one attached hydrogen (secondary N) is 1. The van der Waals surface area contributed by atoms with Crippen LogP contribution < -0.4 is 10.2 Å². The predicted octanol–water partition coefficient (Wildman–Crippen LogP) is 1.24. The largest absolute Gasteiger partial charge is 0.481 e. The van der Waals surface area contributed by atoms with Crippen molar-refractivity contribution < 1.29 is 9.90 Å². The summed E-state index contributed by atoms with van der Waals surface area (Å²) in [5.74, 6) is -0.756. The second-order valence-electron chi connectivity index (χ2n) is 4.46. The van der Waals surface area contributed by atoms with Gasteiger partial charge in [-0.3, -0.25) is 4.79 Å². The smallest absolute Gasteiger partial charge is 0.304 e. The standard InChI is InChI=1S/C13H18N2O2/c1-15-7-5-11-8-10(2-3-12(11)15)9-14-6-4-13(16)17/h2-3,8,14H,4-7,9H2,1H3,(H,16,17). The van der Waals surface area contributed by atoms with Crippen LogP contribution in [0.1, 0.15) is 17.5 Å². The summed E-state index contributed by atoms with van der Waals surface area (Å²) in [6.45, 7) is 2.35. The second kappa shape index (κ2) is 5.19. The first-order valence-electron chi connectivity index (χ1n) is 5.92. The van der Waals surface area contributed by atoms with Gasteiger partial charge in [0.05, 0.1) is 6.42 Å². The van der Waals surface area contributed by atoms with Gasteiger partial charge in [0.25, 0.3) is 0 Å². The average molecular weight is 234 g/mol. The summed E-state index contributed by atoms with van der Waals surface area (Å²) in [6, 6.07) is 6.47. The Morgan fingerprint density at radius 2 is 2.35 bits per heavy atom. The minimum Gasteiger partial charge on any atom is -0.481 e. The molecule has 0 aliphatic carbocycles. The Bertz CT molecular complexity index is 418. The van der Waals surface area contributed by atoms with Crippen molar-refractivity contribution in [2.45, 2.75) is 19.4 Å². The van der Waals surface area contributed by atoms with E-state index in [1.165, 1.54) is 16.8 Å². The van der Waals surface area contributed by atoms with Crippen LogP contribution in [0.2, 0.25) is 0 Å². The van der Waals surface area contributed by atoms with E-state index < -0.39 is 5.97 Å². The first-order valence-corrected chi connectivity index (χ1v) is 5.92. The van der Waals surface area contributed by atoms with Crippen molar-refractivity contribution in [3.8, 4) is 0 Å². The van der Waals surface area contributed by atoms with Gasteiger partial charge in [0.1, 0.15) is 0 Å². The van der Waals surface area contributed by atoms with Gasteiger partial charge in [-0.25, -0.2) is 0 Å². The number of carbonyl (C=O) groups is 1. The minimum atomic E-state index is -0.756. The summed E-state index contributed by atoms with van der Waals surface area (Å²) in [5, 5.41) is 11.7. The zero-order valence-electron chi connectivity index (χ0n) is 10.1. The average Bonchev–Trinajstić information content (AvgIpc) is 2.66. The van der Waals surface area contributed by atoms with E-state index >= 15 is 0 Å². The third-order valence-corrected chi connectivity index (χ3v) is 3.12. The van der Waals surface area contributed by atoms with Crippen molar-refractivity contribution in [2.75, 3.05) is 25.0 Å². The molecule has 1 aromatic carbocycles. The molecule has 1 aromatic rings. The lowest BCUT2D eigenvalue weighted by Crippen LogP contribution is -2.17. The van der Waals surface area contributed by atoms with Crippen molar-refractivity contribution in [2.24, 2.45) is 0 Å². The lowest BCUT2D eigenvalue weighted by Gasteiger charge is -2.12. The molecule has 0 unspecified atom stereocenters. The highest BCUT2D eigenvalue weighted by Crippen LogP contribution is 2.27. The molecule has 2 rings (SSSR count). The fourth-order valence-electron chi connectivity index (χ4n) is 2.16. The molecule has 17 heavy (non-hydrogen) atoms. The first-order chi connectivity index (χ1) is 8.16. The van der Waals surface area contributed by atoms with Crippen molar-refractivity contribution in [1.29, 1.82) is 0 Å². The van der Waals surface area contributed by atoms with Crippen LogP contribution in [0.3, 0.4) is 0 Å². The lowest BCUT2D eigenvalue weighted by atomic mass is 10.1. The number of nitrogens with zero attached hydrogens (tertiary/aromatic N) is 1. The van der Waals surface area contributed by atoms with Crippen molar-refractivity contribution in [3.05, 3.63) is 29.3 Å². The summed E-state index contributed by atoms with van der Waals surface area (Å²) in [4.78, 5) is 12.6. The highest BCUT2D eigenvalue weighted by atomic mass is 16.4. The molecule has 0 spiro atoms. The van der Waals surface area contributed by atoms with E-state index in [1.807, 2.05) is 0 Å². The van der Waals surface area contributed by atoms with Crippen molar-refractivity contribution >= 4 is 11.7 Å². The van der Waals surface area contributed by atoms with Gasteiger partial charge in [-0.2, -0.15) is 0 Å². The van der Waals surface area contributed by atoms with Gasteiger partial charge >= 0.3 is 5.97 Å². The Balaban J connectivity index is 1.88. The number of likely N-dealkylation sites (N-methyl/N-ethyl adjacent to an activating group) is 1. The summed E-state index contributed by atoms with van der Waals surface area (Å²) >= 11 is 0. The number of anilines is 1. The normalized spacial score (nSPS) is 13.8. The van der Waals surface area contributed by atoms with E-state index in [9.17, 15) is 4.79 Å². The van der Waals surface area contributed by atoms with Crippen LogP contribution in [0.25, 0.3) is 0 Å². The molecule has 1 heterocycles. The number of fused-ring (bicyclic) bond motifs is 1. The molecule has 1 aliphatic heterocycles. The molecule has 0 saturated carbocycles. The quantitative estimate of drug-likeness (QED) is 0.753. The molecule has 0 bridgehead atoms. The number of hydrogen-bond donors (Lipinski definition) is 2. The zero-order chi connectivity index (χ0) is 12.3. The number of carboxylic acids is 1. The van der Waals surface area contributed by atoms with Gasteiger partial charge in [0, 0.05) is 32.4 Å². The molecule has 0 aromatic heterocycles. The first kappa shape index (κ1) is 11.9. The van der Waals surface area contributed by atoms with Gasteiger partial charge in [-0.1, -0.05) is 12.1 Å². The van der Waals surface area contributed by atoms with E-state index in [0.29, 0.717) is 6.54 Å². The Morgan fingerprint density at radius 3 is 3.12 bits per heavy atom. The highest BCUT2D eigenvalue weighted by Gasteiger charge is 2.15. The number of aliphatic carboxylic acids is 1. The second-order valence-corrected chi connectivity index (χ2v) is 4.46. The Labute approximate surface area is 101 Å². The molecule has 4 heteroatoms. The van der Waals surface area contributed by atoms with E-state index in [-0.39, 0.29) is 6.42 Å². The molecular formula is C13H18N2O2. The molecular weight excluding hydrogens is 216 g/mol. The molecule has 0 amide bonds. The molecule has 92 valence electrons. The van der Waals surface area contributed by atoms with Gasteiger partial charge in [-0.15, -0.1) is 0 Å². The van der Waals surface area contributed by atoms with Crippen LogP contribution in [0.5, 0.6) is 0 Å². The fraction of sp³-hybridized carbons (Fsp3) is 0.462. The summed E-state index contributed by atoms with van der Waals surface area (Å²) < 4.78 is 0. The molecule has 0 fully saturated rings. The van der Waals surface area contributed by atoms with Crippen LogP contribution in [0.4, 0.5) is 5.69 Å². The highest BCUT2D eigenvalue weighted by molar-refractivity contribution is 5.66. The Morgan fingerprint density at radius 1 is 1.53 bits per heavy atom. The van der Waals surface area contributed by atoms with Gasteiger partial charge < -0.3 is 15.3 Å². The fourth-order valence-corrected chi connectivity index (χ4v) is 2.16. The van der Waals surface area contributed by atoms with E-state index in [1.54, 1.807) is 0 Å². The Hall–Kier alpha value is -1.55. The van der Waals surface area contributed by atoms with Crippen molar-refractivity contribution in [1.82, 2.24) is 5.32 Å². The molecule has 0 saturated heterocycles. The van der Waals surface area contributed by atoms with Crippen molar-refractivity contribution in [3.63, 3.8) is 0 Å². The Kier molecular flexibility index (Phi) is 3.64. The predicted molar refractivity (Wildman–Crippen MR) is 67.4 cm³/mol. The van der Waals surface area contributed by atoms with E-state index in [2.05, 4.69) is 35.5 Å². The van der Waals surface area contributed by atoms with E-state index in [4.69, 9.17) is 5.11 Å². The monoisotopic (exact) mass is 234 g/mol. The van der Waals surface area contributed by atoms with Crippen LogP contribution >= 0.6 is 0 Å². The van der Waals surface area contributed by atoms with Gasteiger partial charge in [0.15, 0.2) is 0 Å². The minimum absolute atomic E-state index is 0.174.